The number of aliphatic hydroxyl groups excluding tert-OH is 1. The maximum atomic E-state index is 13.4. The number of fused-ring (bicyclic) bond motifs is 1. The van der Waals surface area contributed by atoms with Crippen LogP contribution in [0.1, 0.15) is 30.7 Å². The number of carbonyl (C=O) groups excluding carboxylic acids is 1. The van der Waals surface area contributed by atoms with Crippen molar-refractivity contribution < 1.29 is 19.7 Å². The Kier molecular flexibility index (Phi) is 10.8. The van der Waals surface area contributed by atoms with Gasteiger partial charge in [-0.2, -0.15) is 22.1 Å². The van der Waals surface area contributed by atoms with Crippen LogP contribution in [-0.4, -0.2) is 65.8 Å². The molecule has 2 amide bonds. The van der Waals surface area contributed by atoms with Crippen molar-refractivity contribution in [3.05, 3.63) is 108 Å². The highest BCUT2D eigenvalue weighted by Crippen LogP contribution is 2.33. The maximum Gasteiger partial charge on any atom is 0.320 e. The van der Waals surface area contributed by atoms with E-state index in [-0.39, 0.29) is 42.5 Å². The molecular formula is C37H36N8O4S2. The lowest BCUT2D eigenvalue weighted by Crippen LogP contribution is -2.29. The predicted octanol–water partition coefficient (Wildman–Crippen LogP) is 6.64. The van der Waals surface area contributed by atoms with Gasteiger partial charge in [0, 0.05) is 51.4 Å². The molecule has 260 valence electrons. The second-order valence-electron chi connectivity index (χ2n) is 12.2. The Hall–Kier alpha value is -5.49. The number of hydrogen-bond donors (Lipinski definition) is 4. The van der Waals surface area contributed by atoms with Gasteiger partial charge in [0.15, 0.2) is 11.5 Å². The Morgan fingerprint density at radius 1 is 1.04 bits per heavy atom. The summed E-state index contributed by atoms with van der Waals surface area (Å²) in [6, 6.07) is 27.3. The van der Waals surface area contributed by atoms with E-state index >= 15 is 0 Å². The van der Waals surface area contributed by atoms with E-state index in [1.165, 1.54) is 17.8 Å². The molecule has 4 N–H and O–H groups in total. The fourth-order valence-electron chi connectivity index (χ4n) is 5.41. The van der Waals surface area contributed by atoms with Crippen LogP contribution in [0.25, 0.3) is 22.7 Å². The summed E-state index contributed by atoms with van der Waals surface area (Å²) in [5.41, 5.74) is 3.65. The average molecular weight is 721 g/mol. The van der Waals surface area contributed by atoms with Gasteiger partial charge >= 0.3 is 6.03 Å². The lowest BCUT2D eigenvalue weighted by atomic mass is 9.92. The minimum absolute atomic E-state index is 0.0918. The summed E-state index contributed by atoms with van der Waals surface area (Å²) in [6.07, 6.45) is 3.98. The second-order valence-corrected chi connectivity index (χ2v) is 14.2. The topological polar surface area (TPSA) is 163 Å². The van der Waals surface area contributed by atoms with E-state index < -0.39 is 0 Å². The molecule has 0 fully saturated rings. The summed E-state index contributed by atoms with van der Waals surface area (Å²) in [5, 5.41) is 48.0. The number of nitrogens with zero attached hydrogens (tertiary/aromatic N) is 6. The lowest BCUT2D eigenvalue weighted by Gasteiger charge is -2.20. The van der Waals surface area contributed by atoms with E-state index in [1.807, 2.05) is 77.3 Å². The van der Waals surface area contributed by atoms with Crippen molar-refractivity contribution >= 4 is 41.0 Å². The molecule has 3 aromatic heterocycles. The molecule has 0 bridgehead atoms. The molecule has 6 rings (SSSR count). The largest absolute Gasteiger partial charge is 0.507 e. The summed E-state index contributed by atoms with van der Waals surface area (Å²) in [5.74, 6) is 2.38. The molecule has 0 radical (unpaired) electrons. The smallest absolute Gasteiger partial charge is 0.320 e. The number of nitrogens with one attached hydrogen (secondary N) is 2. The Bertz CT molecular complexity index is 2230. The number of phenols is 1. The highest BCUT2D eigenvalue weighted by Gasteiger charge is 2.26. The number of carbonyl (C=O) groups is 1. The van der Waals surface area contributed by atoms with Crippen molar-refractivity contribution in [2.45, 2.75) is 35.6 Å². The van der Waals surface area contributed by atoms with Gasteiger partial charge in [0.05, 0.1) is 23.6 Å². The first kappa shape index (κ1) is 35.3. The van der Waals surface area contributed by atoms with Gasteiger partial charge in [0.2, 0.25) is 0 Å². The minimum atomic E-state index is -0.390. The number of hydrogen-bond acceptors (Lipinski definition) is 10. The Morgan fingerprint density at radius 3 is 2.69 bits per heavy atom. The Morgan fingerprint density at radius 2 is 1.88 bits per heavy atom. The van der Waals surface area contributed by atoms with Crippen molar-refractivity contribution in [2.24, 2.45) is 0 Å². The molecular weight excluding hydrogens is 685 g/mol. The van der Waals surface area contributed by atoms with Crippen molar-refractivity contribution in [3.63, 3.8) is 0 Å². The van der Waals surface area contributed by atoms with E-state index in [0.717, 1.165) is 26.8 Å². The summed E-state index contributed by atoms with van der Waals surface area (Å²) < 4.78 is 9.16. The van der Waals surface area contributed by atoms with Gasteiger partial charge in [0.1, 0.15) is 30.0 Å². The number of pyridine rings is 1. The quantitative estimate of drug-likeness (QED) is 0.102. The van der Waals surface area contributed by atoms with Crippen LogP contribution in [0.4, 0.5) is 10.6 Å². The number of phenolic OH excluding ortho intramolecular Hbond substituents is 1. The van der Waals surface area contributed by atoms with Crippen molar-refractivity contribution in [1.29, 1.82) is 5.26 Å². The molecule has 0 aliphatic rings. The van der Waals surface area contributed by atoms with Gasteiger partial charge < -0.3 is 20.3 Å². The molecule has 0 spiro atoms. The van der Waals surface area contributed by atoms with Gasteiger partial charge in [-0.05, 0) is 60.4 Å². The second kappa shape index (κ2) is 15.6. The molecule has 14 heteroatoms. The van der Waals surface area contributed by atoms with Gasteiger partial charge in [0.25, 0.3) is 0 Å². The maximum absolute atomic E-state index is 13.4. The fourth-order valence-corrected chi connectivity index (χ4v) is 7.24. The minimum Gasteiger partial charge on any atom is -0.507 e. The fraction of sp³-hybridized carbons (Fsp3) is 0.216. The summed E-state index contributed by atoms with van der Waals surface area (Å²) in [4.78, 5) is 15.3. The van der Waals surface area contributed by atoms with Crippen molar-refractivity contribution in [2.75, 3.05) is 30.5 Å². The average Bonchev–Trinajstić information content (AvgIpc) is 3.76. The monoisotopic (exact) mass is 720 g/mol. The van der Waals surface area contributed by atoms with Gasteiger partial charge in [-0.15, -0.1) is 10.2 Å². The zero-order valence-corrected chi connectivity index (χ0v) is 29.8. The van der Waals surface area contributed by atoms with Crippen LogP contribution in [0.5, 0.6) is 11.5 Å². The zero-order chi connectivity index (χ0) is 36.0. The first-order valence-electron chi connectivity index (χ1n) is 16.0. The van der Waals surface area contributed by atoms with Gasteiger partial charge in [-0.3, -0.25) is 9.72 Å². The molecule has 0 saturated carbocycles. The summed E-state index contributed by atoms with van der Waals surface area (Å²) in [7, 11) is 0. The van der Waals surface area contributed by atoms with E-state index in [2.05, 4.69) is 40.9 Å². The van der Waals surface area contributed by atoms with Crippen LogP contribution < -0.4 is 15.4 Å². The van der Waals surface area contributed by atoms with Gasteiger partial charge in [-0.1, -0.05) is 49.9 Å². The number of nitriles is 1. The highest BCUT2D eigenvalue weighted by atomic mass is 32.2. The normalized spacial score (nSPS) is 11.4. The number of urea groups is 1. The molecule has 6 aromatic rings. The Balaban J connectivity index is 1.20. The molecule has 0 aliphatic carbocycles. The number of aliphatic hydroxyl groups is 1. The van der Waals surface area contributed by atoms with E-state index in [0.29, 0.717) is 34.3 Å². The third-order valence-electron chi connectivity index (χ3n) is 7.96. The molecule has 0 unspecified atom stereocenters. The summed E-state index contributed by atoms with van der Waals surface area (Å²) in [6.45, 7) is 4.58. The standard InChI is InChI=1S/C37H36N8O4S2/c1-37(2,23-50-3)32-19-34(45(43-32)27-8-6-9-28(18-27)49-16-15-46)40-36(48)39-21-25-7-4-5-10-31(25)51-29-12-14-33-41-42-35(44(33)22-29)24-11-13-30(47)26(17-24)20-38/h4-14,17-19,22,46-47H,15-16,21,23H2,1-3H3,(H2,39,40,48). The first-order valence-corrected chi connectivity index (χ1v) is 18.2. The number of aromatic hydroxyl groups is 1. The van der Waals surface area contributed by atoms with E-state index in [4.69, 9.17) is 9.84 Å². The van der Waals surface area contributed by atoms with Crippen LogP contribution in [0.3, 0.4) is 0 Å². The number of thioether (sulfide) groups is 1. The lowest BCUT2D eigenvalue weighted by molar-refractivity contribution is 0.201. The molecule has 0 aliphatic heterocycles. The predicted molar refractivity (Wildman–Crippen MR) is 199 cm³/mol. The number of benzene rings is 3. The van der Waals surface area contributed by atoms with Crippen molar-refractivity contribution in [1.82, 2.24) is 29.7 Å². The number of aromatic nitrogens is 5. The third-order valence-corrected chi connectivity index (χ3v) is 10.1. The number of ether oxygens (including phenoxy) is 1. The summed E-state index contributed by atoms with van der Waals surface area (Å²) >= 11 is 3.26. The first-order chi connectivity index (χ1) is 24.7. The van der Waals surface area contributed by atoms with Crippen LogP contribution in [-0.2, 0) is 12.0 Å². The SMILES string of the molecule is CSCC(C)(C)c1cc(NC(=O)NCc2ccccc2Sc2ccc3nnc(-c4ccc(O)c(C#N)c4)n3c2)n(-c2cccc(OCCO)c2)n1. The molecule has 3 aromatic carbocycles. The number of anilines is 1. The van der Waals surface area contributed by atoms with Crippen LogP contribution in [0.15, 0.2) is 101 Å². The Labute approximate surface area is 303 Å². The van der Waals surface area contributed by atoms with E-state index in [9.17, 15) is 20.3 Å². The number of rotatable bonds is 13. The molecule has 3 heterocycles. The van der Waals surface area contributed by atoms with Gasteiger partial charge in [-0.25, -0.2) is 9.48 Å². The number of amides is 2. The molecule has 51 heavy (non-hydrogen) atoms. The van der Waals surface area contributed by atoms with E-state index in [1.54, 1.807) is 34.6 Å². The van der Waals surface area contributed by atoms with Crippen molar-refractivity contribution in [3.8, 4) is 34.6 Å². The third kappa shape index (κ3) is 8.12. The molecule has 12 nitrogen and oxygen atoms in total. The van der Waals surface area contributed by atoms with Crippen LogP contribution >= 0.6 is 23.5 Å². The van der Waals surface area contributed by atoms with Crippen LogP contribution in [0.2, 0.25) is 0 Å². The molecule has 0 saturated heterocycles. The van der Waals surface area contributed by atoms with Crippen LogP contribution in [0, 0.1) is 11.3 Å². The zero-order valence-electron chi connectivity index (χ0n) is 28.2. The highest BCUT2D eigenvalue weighted by molar-refractivity contribution is 7.99. The molecule has 0 atom stereocenters.